The number of nitrogens with zero attached hydrogens (tertiary/aromatic N) is 3. The predicted molar refractivity (Wildman–Crippen MR) is 151 cm³/mol. The van der Waals surface area contributed by atoms with Crippen molar-refractivity contribution in [3.8, 4) is 0 Å². The molecule has 3 heterocycles. The minimum atomic E-state index is -2.46. The Bertz CT molecular complexity index is 878. The number of carbonyl (C=O) groups is 3. The highest BCUT2D eigenvalue weighted by molar-refractivity contribution is 5.81. The van der Waals surface area contributed by atoms with Crippen LogP contribution >= 0.6 is 0 Å². The molecule has 1 aliphatic carbocycles. The largest absolute Gasteiger partial charge is 0.444 e. The van der Waals surface area contributed by atoms with E-state index in [0.717, 1.165) is 51.9 Å². The third kappa shape index (κ3) is 11.7. The monoisotopic (exact) mass is 587 g/mol. The van der Waals surface area contributed by atoms with Gasteiger partial charge in [0.25, 0.3) is 0 Å². The SMILES string of the molecule is CC(C)(C)OC(=O)N1CCC(=O)CC1.CC(C)(C)OC(=O)N1CCC(N2CCCC(OCC3CC(F)(F)C3)C2)CC1. The average Bonchev–Trinajstić information content (AvgIpc) is 2.85. The number of hydrogen-bond acceptors (Lipinski definition) is 7. The van der Waals surface area contributed by atoms with Crippen molar-refractivity contribution in [2.75, 3.05) is 45.9 Å². The molecule has 2 amide bonds. The van der Waals surface area contributed by atoms with Crippen LogP contribution in [0.15, 0.2) is 0 Å². The van der Waals surface area contributed by atoms with E-state index in [1.807, 2.05) is 41.5 Å². The summed E-state index contributed by atoms with van der Waals surface area (Å²) in [4.78, 5) is 40.5. The zero-order valence-corrected chi connectivity index (χ0v) is 25.9. The number of Topliss-reactive ketones (excluding diaryl/α,β-unsaturated/α-hetero) is 1. The fourth-order valence-electron chi connectivity index (χ4n) is 5.61. The minimum absolute atomic E-state index is 0.0208. The zero-order chi connectivity index (χ0) is 30.4. The smallest absolute Gasteiger partial charge is 0.410 e. The maximum atomic E-state index is 12.9. The summed E-state index contributed by atoms with van der Waals surface area (Å²) in [7, 11) is 0. The Kier molecular flexibility index (Phi) is 11.4. The maximum Gasteiger partial charge on any atom is 0.410 e. The molecule has 1 unspecified atom stereocenters. The van der Waals surface area contributed by atoms with Gasteiger partial charge in [0.2, 0.25) is 5.92 Å². The van der Waals surface area contributed by atoms with Crippen LogP contribution in [0.2, 0.25) is 0 Å². The van der Waals surface area contributed by atoms with Crippen LogP contribution in [0, 0.1) is 5.92 Å². The van der Waals surface area contributed by atoms with Crippen molar-refractivity contribution in [2.24, 2.45) is 5.92 Å². The third-order valence-electron chi connectivity index (χ3n) is 7.76. The summed E-state index contributed by atoms with van der Waals surface area (Å²) in [6.07, 6.45) is 4.47. The van der Waals surface area contributed by atoms with E-state index >= 15 is 0 Å². The van der Waals surface area contributed by atoms with Gasteiger partial charge >= 0.3 is 12.2 Å². The predicted octanol–water partition coefficient (Wildman–Crippen LogP) is 5.50. The summed E-state index contributed by atoms with van der Waals surface area (Å²) in [6.45, 7) is 16.0. The van der Waals surface area contributed by atoms with Crippen molar-refractivity contribution in [2.45, 2.75) is 122 Å². The molecule has 0 aromatic carbocycles. The fourth-order valence-corrected chi connectivity index (χ4v) is 5.61. The molecule has 0 aromatic rings. The fraction of sp³-hybridized carbons (Fsp3) is 0.900. The average molecular weight is 588 g/mol. The molecule has 236 valence electrons. The summed E-state index contributed by atoms with van der Waals surface area (Å²) in [5.41, 5.74) is -0.922. The van der Waals surface area contributed by atoms with Crippen LogP contribution in [-0.2, 0) is 19.0 Å². The van der Waals surface area contributed by atoms with Gasteiger partial charge in [0.05, 0.1) is 12.7 Å². The van der Waals surface area contributed by atoms with Crippen molar-refractivity contribution < 1.29 is 37.4 Å². The molecule has 1 saturated carbocycles. The van der Waals surface area contributed by atoms with Crippen LogP contribution in [0.3, 0.4) is 0 Å². The van der Waals surface area contributed by atoms with Gasteiger partial charge in [-0.2, -0.15) is 0 Å². The van der Waals surface area contributed by atoms with E-state index in [1.165, 1.54) is 0 Å². The lowest BCUT2D eigenvalue weighted by Crippen LogP contribution is -2.51. The van der Waals surface area contributed by atoms with Crippen LogP contribution in [-0.4, -0.2) is 108 Å². The number of halogens is 2. The summed E-state index contributed by atoms with van der Waals surface area (Å²) in [5, 5.41) is 0. The summed E-state index contributed by atoms with van der Waals surface area (Å²) >= 11 is 0. The zero-order valence-electron chi connectivity index (χ0n) is 25.9. The van der Waals surface area contributed by atoms with Gasteiger partial charge in [-0.05, 0) is 79.7 Å². The molecule has 0 bridgehead atoms. The summed E-state index contributed by atoms with van der Waals surface area (Å²) in [6, 6.07) is 0.461. The maximum absolute atomic E-state index is 12.9. The van der Waals surface area contributed by atoms with E-state index in [1.54, 1.807) is 9.80 Å². The van der Waals surface area contributed by atoms with Crippen LogP contribution in [0.25, 0.3) is 0 Å². The highest BCUT2D eigenvalue weighted by Gasteiger charge is 2.45. The molecule has 3 aliphatic heterocycles. The highest BCUT2D eigenvalue weighted by Crippen LogP contribution is 2.42. The van der Waals surface area contributed by atoms with Crippen molar-refractivity contribution in [1.29, 1.82) is 0 Å². The molecule has 3 saturated heterocycles. The number of likely N-dealkylation sites (tertiary alicyclic amines) is 3. The van der Waals surface area contributed by atoms with Crippen molar-refractivity contribution in [3.63, 3.8) is 0 Å². The molecule has 0 aromatic heterocycles. The second-order valence-corrected chi connectivity index (χ2v) is 13.9. The van der Waals surface area contributed by atoms with Crippen molar-refractivity contribution >= 4 is 18.0 Å². The topological polar surface area (TPSA) is 88.6 Å². The number of ether oxygens (including phenoxy) is 3. The van der Waals surface area contributed by atoms with E-state index in [9.17, 15) is 23.2 Å². The quantitative estimate of drug-likeness (QED) is 0.429. The normalized spacial score (nSPS) is 24.7. The van der Waals surface area contributed by atoms with Crippen LogP contribution in [0.4, 0.5) is 18.4 Å². The minimum Gasteiger partial charge on any atom is -0.444 e. The van der Waals surface area contributed by atoms with Gasteiger partial charge in [0, 0.05) is 64.4 Å². The molecule has 0 radical (unpaired) electrons. The number of ketones is 1. The first-order chi connectivity index (χ1) is 19.0. The number of alkyl halides is 2. The molecule has 0 N–H and O–H groups in total. The van der Waals surface area contributed by atoms with Gasteiger partial charge in [-0.25, -0.2) is 18.4 Å². The standard InChI is InChI=1S/C20H34F2N2O3.C10H17NO3/c1-19(2,3)27-18(25)23-9-6-16(7-10-23)24-8-4-5-17(13-24)26-14-15-11-20(21,22)12-15;1-10(2,3)14-9(13)11-6-4-8(12)5-7-11/h15-17H,4-14H2,1-3H3;4-7H2,1-3H3. The van der Waals surface area contributed by atoms with E-state index < -0.39 is 17.1 Å². The first-order valence-electron chi connectivity index (χ1n) is 15.2. The van der Waals surface area contributed by atoms with Crippen LogP contribution in [0.5, 0.6) is 0 Å². The molecule has 0 spiro atoms. The van der Waals surface area contributed by atoms with Gasteiger partial charge in [0.1, 0.15) is 17.0 Å². The molecular weight excluding hydrogens is 536 g/mol. The number of piperidine rings is 3. The molecule has 41 heavy (non-hydrogen) atoms. The Morgan fingerprint density at radius 2 is 1.34 bits per heavy atom. The third-order valence-corrected chi connectivity index (χ3v) is 7.76. The molecule has 9 nitrogen and oxygen atoms in total. The van der Waals surface area contributed by atoms with Gasteiger partial charge in [-0.3, -0.25) is 9.69 Å². The van der Waals surface area contributed by atoms with Gasteiger partial charge in [-0.1, -0.05) is 0 Å². The van der Waals surface area contributed by atoms with E-state index in [0.29, 0.717) is 38.6 Å². The Balaban J connectivity index is 0.000000278. The molecule has 1 atom stereocenters. The second-order valence-electron chi connectivity index (χ2n) is 13.9. The van der Waals surface area contributed by atoms with E-state index in [-0.39, 0.29) is 42.8 Å². The number of amides is 2. The van der Waals surface area contributed by atoms with Crippen molar-refractivity contribution in [1.82, 2.24) is 14.7 Å². The Hall–Kier alpha value is -2.01. The lowest BCUT2D eigenvalue weighted by atomic mass is 9.82. The van der Waals surface area contributed by atoms with Gasteiger partial charge < -0.3 is 24.0 Å². The lowest BCUT2D eigenvalue weighted by Gasteiger charge is -2.43. The Morgan fingerprint density at radius 3 is 1.83 bits per heavy atom. The van der Waals surface area contributed by atoms with Gasteiger partial charge in [-0.15, -0.1) is 0 Å². The van der Waals surface area contributed by atoms with Crippen molar-refractivity contribution in [3.05, 3.63) is 0 Å². The van der Waals surface area contributed by atoms with E-state index in [4.69, 9.17) is 14.2 Å². The second kappa shape index (κ2) is 14.0. The molecular formula is C30H51F2N3O6. The summed E-state index contributed by atoms with van der Waals surface area (Å²) in [5.74, 6) is -2.22. The molecule has 4 rings (SSSR count). The Morgan fingerprint density at radius 1 is 0.829 bits per heavy atom. The molecule has 4 fully saturated rings. The molecule has 4 aliphatic rings. The first kappa shape index (κ1) is 33.5. The van der Waals surface area contributed by atoms with Crippen LogP contribution in [0.1, 0.15) is 92.9 Å². The summed E-state index contributed by atoms with van der Waals surface area (Å²) < 4.78 is 42.5. The number of carbonyl (C=O) groups excluding carboxylic acids is 3. The van der Waals surface area contributed by atoms with E-state index in [2.05, 4.69) is 4.90 Å². The van der Waals surface area contributed by atoms with Gasteiger partial charge in [0.15, 0.2) is 0 Å². The van der Waals surface area contributed by atoms with Crippen LogP contribution < -0.4 is 0 Å². The number of hydrogen-bond donors (Lipinski definition) is 0. The Labute approximate surface area is 244 Å². The molecule has 11 heteroatoms. The highest BCUT2D eigenvalue weighted by atomic mass is 19.3. The number of rotatable bonds is 4. The lowest BCUT2D eigenvalue weighted by molar-refractivity contribution is -0.139. The first-order valence-corrected chi connectivity index (χ1v) is 15.2.